The first-order valence-corrected chi connectivity index (χ1v) is 13.8. The van der Waals surface area contributed by atoms with Crippen molar-refractivity contribution in [3.63, 3.8) is 0 Å². The maximum absolute atomic E-state index is 13.9. The standard InChI is InChI=1S/C34H31N3O5/c1-3-18-35-23-37(36-19-17-27(38)33(32(36)34(35)39)42-21-24-11-6-5-7-12-24)31-26-14-8-9-15-28(26)41-22-25-13-10-16-29(30(25)31)40-20-4-2/h3-17,19,31H,1-2,18,20-23H2. The minimum Gasteiger partial charge on any atom is -0.489 e. The summed E-state index contributed by atoms with van der Waals surface area (Å²) in [4.78, 5) is 28.8. The summed E-state index contributed by atoms with van der Waals surface area (Å²) in [6.07, 6.45) is 5.02. The number of amides is 1. The van der Waals surface area contributed by atoms with Gasteiger partial charge in [0.05, 0.1) is 0 Å². The topological polar surface area (TPSA) is 73.2 Å². The molecule has 1 amide bonds. The van der Waals surface area contributed by atoms with E-state index >= 15 is 0 Å². The number of pyridine rings is 1. The van der Waals surface area contributed by atoms with Crippen molar-refractivity contribution < 1.29 is 19.0 Å². The zero-order valence-corrected chi connectivity index (χ0v) is 23.1. The summed E-state index contributed by atoms with van der Waals surface area (Å²) in [7, 11) is 0. The van der Waals surface area contributed by atoms with E-state index in [9.17, 15) is 9.59 Å². The first-order chi connectivity index (χ1) is 20.6. The normalized spacial score (nSPS) is 15.4. The molecule has 42 heavy (non-hydrogen) atoms. The van der Waals surface area contributed by atoms with Gasteiger partial charge in [0.15, 0.2) is 11.4 Å². The van der Waals surface area contributed by atoms with Crippen LogP contribution >= 0.6 is 0 Å². The first-order valence-electron chi connectivity index (χ1n) is 13.8. The first kappa shape index (κ1) is 27.0. The van der Waals surface area contributed by atoms with E-state index in [4.69, 9.17) is 14.2 Å². The number of carbonyl (C=O) groups excluding carboxylic acids is 1. The molecule has 0 saturated carbocycles. The summed E-state index contributed by atoms with van der Waals surface area (Å²) < 4.78 is 20.3. The molecule has 0 spiro atoms. The summed E-state index contributed by atoms with van der Waals surface area (Å²) >= 11 is 0. The summed E-state index contributed by atoms with van der Waals surface area (Å²) in [5, 5.41) is 2.04. The van der Waals surface area contributed by atoms with Gasteiger partial charge in [-0.05, 0) is 23.3 Å². The fourth-order valence-corrected chi connectivity index (χ4v) is 5.51. The Labute approximate surface area is 244 Å². The van der Waals surface area contributed by atoms with Crippen molar-refractivity contribution in [1.82, 2.24) is 9.58 Å². The van der Waals surface area contributed by atoms with E-state index in [2.05, 4.69) is 13.2 Å². The predicted molar refractivity (Wildman–Crippen MR) is 161 cm³/mol. The second kappa shape index (κ2) is 11.7. The zero-order valence-electron chi connectivity index (χ0n) is 23.1. The maximum Gasteiger partial charge on any atom is 0.278 e. The molecule has 1 aromatic heterocycles. The Morgan fingerprint density at radius 3 is 2.52 bits per heavy atom. The van der Waals surface area contributed by atoms with E-state index in [0.29, 0.717) is 19.0 Å². The summed E-state index contributed by atoms with van der Waals surface area (Å²) in [5.74, 6) is 1.10. The van der Waals surface area contributed by atoms with Crippen LogP contribution in [0.25, 0.3) is 0 Å². The van der Waals surface area contributed by atoms with Crippen molar-refractivity contribution >= 4 is 5.91 Å². The highest BCUT2D eigenvalue weighted by Crippen LogP contribution is 2.44. The second-order valence-corrected chi connectivity index (χ2v) is 10.0. The lowest BCUT2D eigenvalue weighted by molar-refractivity contribution is 0.0698. The number of fused-ring (bicyclic) bond motifs is 3. The Hall–Kier alpha value is -5.24. The molecule has 6 rings (SSSR count). The van der Waals surface area contributed by atoms with Crippen LogP contribution in [0, 0.1) is 0 Å². The van der Waals surface area contributed by atoms with Gasteiger partial charge in [-0.2, -0.15) is 0 Å². The van der Waals surface area contributed by atoms with E-state index in [1.54, 1.807) is 27.9 Å². The molecule has 2 aliphatic rings. The van der Waals surface area contributed by atoms with Gasteiger partial charge in [-0.25, -0.2) is 0 Å². The van der Waals surface area contributed by atoms with Crippen LogP contribution in [0.3, 0.4) is 0 Å². The van der Waals surface area contributed by atoms with Crippen LogP contribution in [0.4, 0.5) is 0 Å². The lowest BCUT2D eigenvalue weighted by Crippen LogP contribution is -2.55. The Bertz CT molecular complexity index is 1700. The van der Waals surface area contributed by atoms with Crippen LogP contribution in [0.15, 0.2) is 115 Å². The molecule has 0 aliphatic carbocycles. The van der Waals surface area contributed by atoms with Crippen LogP contribution in [-0.4, -0.2) is 35.3 Å². The van der Waals surface area contributed by atoms with Crippen LogP contribution in [0.1, 0.15) is 38.8 Å². The average Bonchev–Trinajstić information content (AvgIpc) is 3.19. The molecule has 0 bridgehead atoms. The Kier molecular flexibility index (Phi) is 7.51. The highest BCUT2D eigenvalue weighted by atomic mass is 16.5. The van der Waals surface area contributed by atoms with Gasteiger partial charge in [-0.3, -0.25) is 19.3 Å². The van der Waals surface area contributed by atoms with Gasteiger partial charge in [0, 0.05) is 29.9 Å². The molecule has 2 aliphatic heterocycles. The minimum absolute atomic E-state index is 0.000289. The van der Waals surface area contributed by atoms with E-state index in [1.807, 2.05) is 77.8 Å². The monoisotopic (exact) mass is 561 g/mol. The molecule has 3 heterocycles. The lowest BCUT2D eigenvalue weighted by Gasteiger charge is -2.44. The summed E-state index contributed by atoms with van der Waals surface area (Å²) in [5.41, 5.74) is 3.43. The van der Waals surface area contributed by atoms with Gasteiger partial charge in [0.25, 0.3) is 5.91 Å². The molecule has 0 radical (unpaired) electrons. The highest BCUT2D eigenvalue weighted by Gasteiger charge is 2.40. The van der Waals surface area contributed by atoms with Crippen LogP contribution in [0.2, 0.25) is 0 Å². The van der Waals surface area contributed by atoms with Gasteiger partial charge in [0.2, 0.25) is 5.43 Å². The molecule has 8 heteroatoms. The maximum atomic E-state index is 13.9. The van der Waals surface area contributed by atoms with Gasteiger partial charge in [-0.1, -0.05) is 79.4 Å². The van der Waals surface area contributed by atoms with Crippen molar-refractivity contribution in [2.24, 2.45) is 0 Å². The lowest BCUT2D eigenvalue weighted by atomic mass is 9.93. The molecule has 3 aromatic carbocycles. The molecule has 212 valence electrons. The van der Waals surface area contributed by atoms with E-state index in [0.717, 1.165) is 28.0 Å². The number of aromatic nitrogens is 1. The van der Waals surface area contributed by atoms with Crippen molar-refractivity contribution in [1.29, 1.82) is 0 Å². The van der Waals surface area contributed by atoms with Gasteiger partial charge in [-0.15, -0.1) is 6.58 Å². The molecule has 1 unspecified atom stereocenters. The number of ether oxygens (including phenoxy) is 3. The van der Waals surface area contributed by atoms with Gasteiger partial charge in [0.1, 0.15) is 44.0 Å². The molecule has 0 N–H and O–H groups in total. The number of nitrogens with zero attached hydrogens (tertiary/aromatic N) is 3. The third kappa shape index (κ3) is 4.92. The quantitative estimate of drug-likeness (QED) is 0.261. The number of para-hydroxylation sites is 1. The van der Waals surface area contributed by atoms with Gasteiger partial charge >= 0.3 is 0 Å². The number of hydrogen-bond acceptors (Lipinski definition) is 6. The molecule has 4 aromatic rings. The zero-order chi connectivity index (χ0) is 29.1. The van der Waals surface area contributed by atoms with Gasteiger partial charge < -0.3 is 19.1 Å². The SMILES string of the molecule is C=CCOc1cccc2c1C(N1CN(CC=C)C(=O)c3c(OCc4ccccc4)c(=O)ccn31)c1ccccc1OC2. The van der Waals surface area contributed by atoms with Crippen LogP contribution in [-0.2, 0) is 13.2 Å². The van der Waals surface area contributed by atoms with E-state index in [-0.39, 0.29) is 42.6 Å². The number of carbonyl (C=O) groups is 1. The van der Waals surface area contributed by atoms with E-state index in [1.165, 1.54) is 6.07 Å². The molecule has 0 fully saturated rings. The third-order valence-electron chi connectivity index (χ3n) is 7.37. The highest BCUT2D eigenvalue weighted by molar-refractivity contribution is 5.96. The van der Waals surface area contributed by atoms with Crippen molar-refractivity contribution in [3.05, 3.63) is 149 Å². The number of rotatable bonds is 9. The molecule has 1 atom stereocenters. The second-order valence-electron chi connectivity index (χ2n) is 10.0. The van der Waals surface area contributed by atoms with E-state index < -0.39 is 6.04 Å². The smallest absolute Gasteiger partial charge is 0.278 e. The Morgan fingerprint density at radius 2 is 1.71 bits per heavy atom. The summed E-state index contributed by atoms with van der Waals surface area (Å²) in [6, 6.07) is 24.3. The molecular weight excluding hydrogens is 530 g/mol. The third-order valence-corrected chi connectivity index (χ3v) is 7.37. The fourth-order valence-electron chi connectivity index (χ4n) is 5.51. The minimum atomic E-state index is -0.441. The predicted octanol–water partition coefficient (Wildman–Crippen LogP) is 5.21. The molecule has 0 saturated heterocycles. The fraction of sp³-hybridized carbons (Fsp3) is 0.176. The van der Waals surface area contributed by atoms with Crippen LogP contribution < -0.4 is 24.6 Å². The van der Waals surface area contributed by atoms with Crippen molar-refractivity contribution in [2.75, 3.05) is 24.8 Å². The summed E-state index contributed by atoms with van der Waals surface area (Å²) in [6.45, 7) is 9.00. The largest absolute Gasteiger partial charge is 0.489 e. The Balaban J connectivity index is 1.56. The average molecular weight is 562 g/mol. The molecular formula is C34H31N3O5. The van der Waals surface area contributed by atoms with Crippen molar-refractivity contribution in [2.45, 2.75) is 19.3 Å². The number of benzene rings is 3. The van der Waals surface area contributed by atoms with Crippen LogP contribution in [0.5, 0.6) is 17.2 Å². The van der Waals surface area contributed by atoms with Crippen molar-refractivity contribution in [3.8, 4) is 17.2 Å². The Morgan fingerprint density at radius 1 is 0.905 bits per heavy atom. The molecule has 8 nitrogen and oxygen atoms in total. The number of hydrogen-bond donors (Lipinski definition) is 0.